The highest BCUT2D eigenvalue weighted by molar-refractivity contribution is 7.80. The molecule has 0 radical (unpaired) electrons. The molecule has 0 aromatic heterocycles. The topological polar surface area (TPSA) is 12.5 Å². The van der Waals surface area contributed by atoms with Gasteiger partial charge >= 0.3 is 0 Å². The normalized spacial score (nSPS) is 14.9. The van der Waals surface area contributed by atoms with Gasteiger partial charge in [0, 0.05) is 25.6 Å². The van der Waals surface area contributed by atoms with Crippen LogP contribution in [0.4, 0.5) is 0 Å². The smallest absolute Gasteiger partial charge is 0.0615 e. The Morgan fingerprint density at radius 1 is 1.29 bits per heavy atom. The molecule has 2 atom stereocenters. The van der Waals surface area contributed by atoms with Crippen molar-refractivity contribution < 1.29 is 4.74 Å². The first-order valence-electron chi connectivity index (χ1n) is 6.04. The van der Waals surface area contributed by atoms with Crippen LogP contribution >= 0.6 is 12.6 Å². The molecular formula is C14H23NOS. The monoisotopic (exact) mass is 253 g/mol. The molecule has 3 heteroatoms. The van der Waals surface area contributed by atoms with E-state index in [-0.39, 0.29) is 0 Å². The maximum absolute atomic E-state index is 5.18. The van der Waals surface area contributed by atoms with Gasteiger partial charge in [0.15, 0.2) is 0 Å². The van der Waals surface area contributed by atoms with Crippen molar-refractivity contribution in [1.82, 2.24) is 4.90 Å². The molecule has 0 bridgehead atoms. The Labute approximate surface area is 110 Å². The van der Waals surface area contributed by atoms with Crippen LogP contribution in [0.5, 0.6) is 0 Å². The second kappa shape index (κ2) is 7.75. The molecule has 0 fully saturated rings. The van der Waals surface area contributed by atoms with Crippen LogP contribution < -0.4 is 0 Å². The predicted molar refractivity (Wildman–Crippen MR) is 77.0 cm³/mol. The van der Waals surface area contributed by atoms with E-state index < -0.39 is 0 Å². The number of rotatable bonds is 7. The van der Waals surface area contributed by atoms with Gasteiger partial charge in [-0.25, -0.2) is 0 Å². The van der Waals surface area contributed by atoms with Crippen molar-refractivity contribution in [3.63, 3.8) is 0 Å². The molecule has 0 heterocycles. The number of benzene rings is 1. The largest absolute Gasteiger partial charge is 0.383 e. The van der Waals surface area contributed by atoms with Crippen LogP contribution in [0, 0.1) is 0 Å². The molecule has 0 N–H and O–H groups in total. The van der Waals surface area contributed by atoms with Crippen molar-refractivity contribution in [2.24, 2.45) is 0 Å². The SMILES string of the molecule is COCC(C)N(C)CC(CS)c1ccccc1. The minimum atomic E-state index is 0.436. The number of thiol groups is 1. The van der Waals surface area contributed by atoms with Gasteiger partial charge in [-0.2, -0.15) is 12.6 Å². The minimum absolute atomic E-state index is 0.436. The maximum Gasteiger partial charge on any atom is 0.0615 e. The maximum atomic E-state index is 5.18. The van der Waals surface area contributed by atoms with Crippen LogP contribution in [-0.2, 0) is 4.74 Å². The van der Waals surface area contributed by atoms with E-state index in [4.69, 9.17) is 4.74 Å². The van der Waals surface area contributed by atoms with Crippen molar-refractivity contribution in [3.8, 4) is 0 Å². The van der Waals surface area contributed by atoms with Crippen LogP contribution in [0.25, 0.3) is 0 Å². The minimum Gasteiger partial charge on any atom is -0.383 e. The lowest BCUT2D eigenvalue weighted by Gasteiger charge is -2.28. The molecule has 1 aromatic carbocycles. The zero-order chi connectivity index (χ0) is 12.7. The van der Waals surface area contributed by atoms with E-state index in [9.17, 15) is 0 Å². The lowest BCUT2D eigenvalue weighted by atomic mass is 10.0. The Morgan fingerprint density at radius 2 is 1.94 bits per heavy atom. The van der Waals surface area contributed by atoms with Gasteiger partial charge < -0.3 is 9.64 Å². The van der Waals surface area contributed by atoms with E-state index in [2.05, 4.69) is 61.8 Å². The lowest BCUT2D eigenvalue weighted by molar-refractivity contribution is 0.113. The van der Waals surface area contributed by atoms with E-state index in [0.717, 1.165) is 18.9 Å². The summed E-state index contributed by atoms with van der Waals surface area (Å²) in [5, 5.41) is 0. The highest BCUT2D eigenvalue weighted by atomic mass is 32.1. The molecule has 0 spiro atoms. The summed E-state index contributed by atoms with van der Waals surface area (Å²) < 4.78 is 5.18. The van der Waals surface area contributed by atoms with Crippen molar-refractivity contribution in [2.45, 2.75) is 18.9 Å². The van der Waals surface area contributed by atoms with Crippen molar-refractivity contribution >= 4 is 12.6 Å². The van der Waals surface area contributed by atoms with Crippen LogP contribution in [0.2, 0.25) is 0 Å². The summed E-state index contributed by atoms with van der Waals surface area (Å²) >= 11 is 4.46. The summed E-state index contributed by atoms with van der Waals surface area (Å²) in [5.74, 6) is 1.34. The number of hydrogen-bond donors (Lipinski definition) is 1. The third-order valence-corrected chi connectivity index (χ3v) is 3.60. The molecule has 17 heavy (non-hydrogen) atoms. The number of methoxy groups -OCH3 is 1. The summed E-state index contributed by atoms with van der Waals surface area (Å²) in [6, 6.07) is 11.0. The van der Waals surface area contributed by atoms with Gasteiger partial charge in [-0.3, -0.25) is 0 Å². The summed E-state index contributed by atoms with van der Waals surface area (Å²) in [6.07, 6.45) is 0. The molecule has 0 aliphatic carbocycles. The average molecular weight is 253 g/mol. The summed E-state index contributed by atoms with van der Waals surface area (Å²) in [6.45, 7) is 3.96. The van der Waals surface area contributed by atoms with E-state index in [1.807, 2.05) is 0 Å². The van der Waals surface area contributed by atoms with Crippen LogP contribution in [0.15, 0.2) is 30.3 Å². The fraction of sp³-hybridized carbons (Fsp3) is 0.571. The van der Waals surface area contributed by atoms with Gasteiger partial charge in [-0.1, -0.05) is 30.3 Å². The van der Waals surface area contributed by atoms with E-state index >= 15 is 0 Å². The molecular weight excluding hydrogens is 230 g/mol. The molecule has 2 unspecified atom stereocenters. The van der Waals surface area contributed by atoms with Gasteiger partial charge in [0.05, 0.1) is 6.61 Å². The van der Waals surface area contributed by atoms with Gasteiger partial charge in [-0.05, 0) is 25.3 Å². The Hall–Kier alpha value is -0.510. The molecule has 2 nitrogen and oxygen atoms in total. The second-order valence-corrected chi connectivity index (χ2v) is 4.90. The van der Waals surface area contributed by atoms with Crippen LogP contribution in [-0.4, -0.2) is 44.0 Å². The molecule has 1 aromatic rings. The fourth-order valence-electron chi connectivity index (χ4n) is 1.89. The third kappa shape index (κ3) is 4.70. The summed E-state index contributed by atoms with van der Waals surface area (Å²) in [7, 11) is 3.89. The first-order valence-corrected chi connectivity index (χ1v) is 6.67. The van der Waals surface area contributed by atoms with Crippen LogP contribution in [0.1, 0.15) is 18.4 Å². The van der Waals surface area contributed by atoms with Crippen LogP contribution in [0.3, 0.4) is 0 Å². The third-order valence-electron chi connectivity index (χ3n) is 3.16. The lowest BCUT2D eigenvalue weighted by Crippen LogP contribution is -2.36. The molecule has 96 valence electrons. The van der Waals surface area contributed by atoms with E-state index in [1.165, 1.54) is 5.56 Å². The first kappa shape index (κ1) is 14.6. The predicted octanol–water partition coefficient (Wildman–Crippen LogP) is 2.67. The molecule has 1 rings (SSSR count). The zero-order valence-electron chi connectivity index (χ0n) is 11.0. The van der Waals surface area contributed by atoms with Crippen molar-refractivity contribution in [1.29, 1.82) is 0 Å². The molecule has 0 saturated heterocycles. The quantitative estimate of drug-likeness (QED) is 0.750. The van der Waals surface area contributed by atoms with Gasteiger partial charge in [0.1, 0.15) is 0 Å². The summed E-state index contributed by atoms with van der Waals surface area (Å²) in [4.78, 5) is 2.33. The molecule has 0 aliphatic rings. The van der Waals surface area contributed by atoms with Gasteiger partial charge in [0.25, 0.3) is 0 Å². The number of likely N-dealkylation sites (N-methyl/N-ethyl adjacent to an activating group) is 1. The number of ether oxygens (including phenoxy) is 1. The highest BCUT2D eigenvalue weighted by Gasteiger charge is 2.15. The molecule has 0 saturated carbocycles. The van der Waals surface area contributed by atoms with Gasteiger partial charge in [-0.15, -0.1) is 0 Å². The highest BCUT2D eigenvalue weighted by Crippen LogP contribution is 2.18. The zero-order valence-corrected chi connectivity index (χ0v) is 11.9. The van der Waals surface area contributed by atoms with Crippen molar-refractivity contribution in [3.05, 3.63) is 35.9 Å². The molecule has 0 aliphatic heterocycles. The van der Waals surface area contributed by atoms with E-state index in [1.54, 1.807) is 7.11 Å². The first-order chi connectivity index (χ1) is 8.19. The van der Waals surface area contributed by atoms with Crippen molar-refractivity contribution in [2.75, 3.05) is 33.1 Å². The summed E-state index contributed by atoms with van der Waals surface area (Å²) in [5.41, 5.74) is 1.36. The Morgan fingerprint density at radius 3 is 2.47 bits per heavy atom. The Bertz CT molecular complexity index is 304. The number of hydrogen-bond acceptors (Lipinski definition) is 3. The van der Waals surface area contributed by atoms with Gasteiger partial charge in [0.2, 0.25) is 0 Å². The number of nitrogens with zero attached hydrogens (tertiary/aromatic N) is 1. The molecule has 0 amide bonds. The Balaban J connectivity index is 2.58. The second-order valence-electron chi connectivity index (χ2n) is 4.53. The van der Waals surface area contributed by atoms with E-state index in [0.29, 0.717) is 12.0 Å². The fourth-order valence-corrected chi connectivity index (χ4v) is 2.22. The average Bonchev–Trinajstić information content (AvgIpc) is 2.37. The standard InChI is InChI=1S/C14H23NOS/c1-12(10-16-3)15(2)9-14(11-17)13-7-5-4-6-8-13/h4-8,12,14,17H,9-11H2,1-3H3. The Kier molecular flexibility index (Phi) is 6.63.